The molecule has 1 unspecified atom stereocenters. The first-order valence-electron chi connectivity index (χ1n) is 18.6. The predicted molar refractivity (Wildman–Crippen MR) is 202 cm³/mol. The number of ether oxygens (including phenoxy) is 2. The minimum Gasteiger partial charge on any atom is -0.490 e. The molecule has 2 aromatic carbocycles. The zero-order chi connectivity index (χ0) is 36.6. The van der Waals surface area contributed by atoms with E-state index in [1.165, 1.54) is 23.0 Å². The van der Waals surface area contributed by atoms with Crippen LogP contribution in [0.4, 0.5) is 10.5 Å². The van der Waals surface area contributed by atoms with Gasteiger partial charge >= 0.3 is 6.03 Å². The number of aryl methyl sites for hydroxylation is 1. The maximum absolute atomic E-state index is 14.6. The van der Waals surface area contributed by atoms with Crippen molar-refractivity contribution in [2.75, 3.05) is 63.6 Å². The minimum absolute atomic E-state index is 0.00193. The smallest absolute Gasteiger partial charge is 0.329 e. The number of nitrogens with one attached hydrogen (secondary N) is 1. The number of anilines is 1. The number of hydrogen-bond acceptors (Lipinski definition) is 7. The molecule has 52 heavy (non-hydrogen) atoms. The van der Waals surface area contributed by atoms with Crippen molar-refractivity contribution in [3.8, 4) is 5.75 Å². The molecule has 5 aliphatic rings. The van der Waals surface area contributed by atoms with E-state index in [0.717, 1.165) is 49.4 Å². The van der Waals surface area contributed by atoms with Gasteiger partial charge in [0.1, 0.15) is 15.7 Å². The Morgan fingerprint density at radius 1 is 1.10 bits per heavy atom. The lowest BCUT2D eigenvalue weighted by Crippen LogP contribution is -2.54. The van der Waals surface area contributed by atoms with Crippen molar-refractivity contribution in [3.63, 3.8) is 0 Å². The normalized spacial score (nSPS) is 31.2. The second-order valence-electron chi connectivity index (χ2n) is 15.4. The van der Waals surface area contributed by atoms with Crippen LogP contribution in [0.5, 0.6) is 5.75 Å². The highest BCUT2D eigenvalue weighted by atomic mass is 35.5. The molecule has 1 saturated heterocycles. The van der Waals surface area contributed by atoms with E-state index in [4.69, 9.17) is 21.1 Å². The molecule has 4 amide bonds. The highest BCUT2D eigenvalue weighted by Crippen LogP contribution is 2.47. The predicted octanol–water partition coefficient (Wildman–Crippen LogP) is 5.85. The molecule has 2 bridgehead atoms. The van der Waals surface area contributed by atoms with Gasteiger partial charge in [0.05, 0.1) is 24.2 Å². The molecule has 0 radical (unpaired) electrons. The molecule has 1 spiro atoms. The van der Waals surface area contributed by atoms with Gasteiger partial charge < -0.3 is 24.2 Å². The van der Waals surface area contributed by atoms with Gasteiger partial charge in [0.15, 0.2) is 0 Å². The molecule has 3 heterocycles. The Bertz CT molecular complexity index is 1870. The van der Waals surface area contributed by atoms with Crippen LogP contribution in [0.3, 0.4) is 0 Å². The molecule has 1 saturated carbocycles. The Hall–Kier alpha value is -3.61. The zero-order valence-corrected chi connectivity index (χ0v) is 31.9. The van der Waals surface area contributed by atoms with Crippen molar-refractivity contribution in [3.05, 3.63) is 70.3 Å². The first kappa shape index (κ1) is 36.7. The second kappa shape index (κ2) is 15.0. The lowest BCUT2D eigenvalue weighted by atomic mass is 9.68. The molecule has 280 valence electrons. The summed E-state index contributed by atoms with van der Waals surface area (Å²) in [6, 6.07) is 11.0. The van der Waals surface area contributed by atoms with Crippen LogP contribution in [0.2, 0.25) is 5.02 Å². The maximum Gasteiger partial charge on any atom is 0.329 e. The quantitative estimate of drug-likeness (QED) is 0.383. The van der Waals surface area contributed by atoms with Crippen LogP contribution in [-0.2, 0) is 31.3 Å². The van der Waals surface area contributed by atoms with Crippen LogP contribution >= 0.6 is 11.6 Å². The number of carbonyl (C=O) groups excluding carboxylic acids is 3. The lowest BCUT2D eigenvalue weighted by molar-refractivity contribution is -0.130. The SMILES string of the molecule is CO[C@H]1/C=C/C[C@H](C)CS(=O)(NC(=O)N2CCN(C(C)=O)CC2)=NC(=O)c2ccc3c(c2)N(C[C@@H]2CC[C@H]21)C[C@@]1(CCCc2cc(Cl)ccc21)CO3. The first-order chi connectivity index (χ1) is 25.0. The number of amides is 4. The van der Waals surface area contributed by atoms with E-state index in [-0.39, 0.29) is 34.7 Å². The summed E-state index contributed by atoms with van der Waals surface area (Å²) in [6.07, 6.45) is 9.82. The molecule has 2 aromatic rings. The van der Waals surface area contributed by atoms with E-state index < -0.39 is 21.9 Å². The van der Waals surface area contributed by atoms with Crippen LogP contribution in [0, 0.1) is 17.8 Å². The molecule has 2 fully saturated rings. The number of hydrogen-bond donors (Lipinski definition) is 1. The lowest BCUT2D eigenvalue weighted by Gasteiger charge is -2.46. The van der Waals surface area contributed by atoms with Gasteiger partial charge in [0.25, 0.3) is 5.91 Å². The molecular weight excluding hydrogens is 702 g/mol. The Labute approximate surface area is 312 Å². The summed E-state index contributed by atoms with van der Waals surface area (Å²) in [7, 11) is -1.78. The molecule has 1 N–H and O–H groups in total. The summed E-state index contributed by atoms with van der Waals surface area (Å²) in [5.41, 5.74) is 3.36. The highest BCUT2D eigenvalue weighted by Gasteiger charge is 2.44. The number of allylic oxidation sites excluding steroid dienone is 1. The van der Waals surface area contributed by atoms with E-state index in [0.29, 0.717) is 63.3 Å². The van der Waals surface area contributed by atoms with E-state index in [9.17, 15) is 18.6 Å². The average Bonchev–Trinajstić information content (AvgIpc) is 3.25. The third kappa shape index (κ3) is 7.57. The average molecular weight is 752 g/mol. The van der Waals surface area contributed by atoms with Gasteiger partial charge in [-0.3, -0.25) is 14.3 Å². The van der Waals surface area contributed by atoms with Gasteiger partial charge in [-0.1, -0.05) is 36.7 Å². The van der Waals surface area contributed by atoms with Gasteiger partial charge in [0.2, 0.25) is 5.91 Å². The van der Waals surface area contributed by atoms with Crippen molar-refractivity contribution in [1.29, 1.82) is 0 Å². The number of piperazine rings is 1. The third-order valence-electron chi connectivity index (χ3n) is 11.8. The van der Waals surface area contributed by atoms with Gasteiger partial charge in [-0.15, -0.1) is 4.36 Å². The standard InChI is InChI=1S/C39H50ClN5O6S/c1-26-6-4-8-35(50-3)32-12-9-30(32)22-45-24-39(15-5-7-28-20-31(40)11-13-33(28)39)25-51-36-14-10-29(21-34(36)45)37(47)41-52(49,23-26)42-38(48)44-18-16-43(17-19-44)27(2)46/h4,8,10-11,13-14,20-21,26,30,32,35H,5-7,9,12,15-19,22-25H2,1-3H3,(H,41,42,47,48,49)/b8-4+/t26-,30-,32+,35-,39-,52?/m0/s1. The van der Waals surface area contributed by atoms with E-state index in [2.05, 4.69) is 38.3 Å². The number of fused-ring (bicyclic) bond motifs is 4. The summed E-state index contributed by atoms with van der Waals surface area (Å²) in [5, 5.41) is 0.735. The van der Waals surface area contributed by atoms with Crippen molar-refractivity contribution in [1.82, 2.24) is 14.5 Å². The number of benzene rings is 2. The summed E-state index contributed by atoms with van der Waals surface area (Å²) >= 11 is 6.46. The minimum atomic E-state index is -3.54. The fourth-order valence-corrected chi connectivity index (χ4v) is 10.9. The number of carbonyl (C=O) groups is 3. The van der Waals surface area contributed by atoms with Gasteiger partial charge in [-0.05, 0) is 97.7 Å². The Balaban J connectivity index is 1.26. The molecule has 7 rings (SSSR count). The van der Waals surface area contributed by atoms with Gasteiger partial charge in [0, 0.05) is 69.3 Å². The number of urea groups is 1. The fourth-order valence-electron chi connectivity index (χ4n) is 8.79. The summed E-state index contributed by atoms with van der Waals surface area (Å²) < 4.78 is 34.2. The van der Waals surface area contributed by atoms with Gasteiger partial charge in [-0.2, -0.15) is 0 Å². The number of halogens is 1. The Morgan fingerprint density at radius 3 is 2.62 bits per heavy atom. The molecule has 11 nitrogen and oxygen atoms in total. The molecular formula is C39H50ClN5O6S. The van der Waals surface area contributed by atoms with Crippen LogP contribution in [0.1, 0.15) is 67.4 Å². The van der Waals surface area contributed by atoms with Crippen LogP contribution in [0.15, 0.2) is 52.9 Å². The van der Waals surface area contributed by atoms with Crippen LogP contribution < -0.4 is 14.4 Å². The maximum atomic E-state index is 14.6. The molecule has 13 heteroatoms. The number of nitrogens with zero attached hydrogens (tertiary/aromatic N) is 4. The highest BCUT2D eigenvalue weighted by molar-refractivity contribution is 7.92. The number of methoxy groups -OCH3 is 1. The third-order valence-corrected chi connectivity index (χ3v) is 14.0. The van der Waals surface area contributed by atoms with Crippen molar-refractivity contribution < 1.29 is 28.1 Å². The summed E-state index contributed by atoms with van der Waals surface area (Å²) in [6.45, 7) is 6.80. The summed E-state index contributed by atoms with van der Waals surface area (Å²) in [4.78, 5) is 44.9. The van der Waals surface area contributed by atoms with Crippen molar-refractivity contribution in [2.24, 2.45) is 22.1 Å². The Morgan fingerprint density at radius 2 is 1.88 bits per heavy atom. The zero-order valence-electron chi connectivity index (χ0n) is 30.4. The van der Waals surface area contributed by atoms with E-state index >= 15 is 0 Å². The van der Waals surface area contributed by atoms with Crippen molar-refractivity contribution in [2.45, 2.75) is 63.9 Å². The van der Waals surface area contributed by atoms with Crippen LogP contribution in [-0.4, -0.2) is 96.7 Å². The fraction of sp³-hybridized carbons (Fsp3) is 0.564. The van der Waals surface area contributed by atoms with Crippen LogP contribution in [0.25, 0.3) is 0 Å². The topological polar surface area (TPSA) is 121 Å². The second-order valence-corrected chi connectivity index (χ2v) is 17.8. The van der Waals surface area contributed by atoms with E-state index in [1.807, 2.05) is 25.1 Å². The van der Waals surface area contributed by atoms with Crippen molar-refractivity contribution >= 4 is 45.0 Å². The Kier molecular flexibility index (Phi) is 10.6. The molecule has 2 aliphatic carbocycles. The molecule has 3 aliphatic heterocycles. The molecule has 0 aromatic heterocycles. The van der Waals surface area contributed by atoms with E-state index in [1.54, 1.807) is 18.1 Å². The largest absolute Gasteiger partial charge is 0.490 e. The summed E-state index contributed by atoms with van der Waals surface area (Å²) in [5.74, 6) is 0.548. The number of rotatable bonds is 2. The van der Waals surface area contributed by atoms with Gasteiger partial charge in [-0.25, -0.2) is 9.00 Å². The first-order valence-corrected chi connectivity index (χ1v) is 20.6. The monoisotopic (exact) mass is 751 g/mol. The molecule has 6 atom stereocenters.